The van der Waals surface area contributed by atoms with Gasteiger partial charge in [0, 0.05) is 16.1 Å². The van der Waals surface area contributed by atoms with E-state index in [-0.39, 0.29) is 16.8 Å². The van der Waals surface area contributed by atoms with E-state index in [1.54, 1.807) is 49.6 Å². The molecule has 0 unspecified atom stereocenters. The van der Waals surface area contributed by atoms with Gasteiger partial charge in [0.25, 0.3) is 5.91 Å². The second kappa shape index (κ2) is 8.39. The first-order valence-electron chi connectivity index (χ1n) is 9.01. The van der Waals surface area contributed by atoms with E-state index in [4.69, 9.17) is 20.8 Å². The van der Waals surface area contributed by atoms with E-state index in [0.29, 0.717) is 27.4 Å². The van der Waals surface area contributed by atoms with E-state index in [2.05, 4.69) is 10.3 Å². The van der Waals surface area contributed by atoms with Crippen molar-refractivity contribution in [2.24, 2.45) is 4.99 Å². The number of para-hydroxylation sites is 1. The molecule has 1 N–H and O–H groups in total. The summed E-state index contributed by atoms with van der Waals surface area (Å²) < 4.78 is 25.2. The van der Waals surface area contributed by atoms with Gasteiger partial charge < -0.3 is 14.5 Å². The maximum Gasteiger partial charge on any atom is 0.261 e. The number of methoxy groups -OCH3 is 1. The average molecular weight is 423 g/mol. The molecule has 0 atom stereocenters. The second-order valence-electron chi connectivity index (χ2n) is 6.39. The highest BCUT2D eigenvalue weighted by molar-refractivity contribution is 6.30. The summed E-state index contributed by atoms with van der Waals surface area (Å²) in [7, 11) is 1.56. The number of carbonyl (C=O) groups is 1. The third-order valence-electron chi connectivity index (χ3n) is 4.38. The quantitative estimate of drug-likeness (QED) is 0.457. The molecule has 0 aliphatic heterocycles. The van der Waals surface area contributed by atoms with Crippen molar-refractivity contribution < 1.29 is 18.3 Å². The summed E-state index contributed by atoms with van der Waals surface area (Å²) in [5.74, 6) is -0.360. The summed E-state index contributed by atoms with van der Waals surface area (Å²) in [6.45, 7) is 0. The minimum absolute atomic E-state index is 0.0270. The molecule has 150 valence electrons. The highest BCUT2D eigenvalue weighted by atomic mass is 35.5. The van der Waals surface area contributed by atoms with E-state index in [9.17, 15) is 9.18 Å². The Bertz CT molecular complexity index is 1300. The first kappa shape index (κ1) is 19.7. The highest BCUT2D eigenvalue weighted by Gasteiger charge is 2.14. The molecule has 0 aliphatic rings. The molecule has 7 heteroatoms. The Kier molecular flexibility index (Phi) is 5.50. The van der Waals surface area contributed by atoms with Gasteiger partial charge >= 0.3 is 0 Å². The lowest BCUT2D eigenvalue weighted by Gasteiger charge is -2.08. The molecule has 1 aromatic heterocycles. The summed E-state index contributed by atoms with van der Waals surface area (Å²) in [6.07, 6.45) is 0. The molecule has 1 heterocycles. The van der Waals surface area contributed by atoms with Gasteiger partial charge in [-0.25, -0.2) is 9.38 Å². The number of hydrogen-bond acceptors (Lipinski definition) is 4. The fraction of sp³-hybridized carbons (Fsp3) is 0.0435. The smallest absolute Gasteiger partial charge is 0.261 e. The number of anilines is 1. The van der Waals surface area contributed by atoms with Gasteiger partial charge in [-0.2, -0.15) is 0 Å². The van der Waals surface area contributed by atoms with Crippen molar-refractivity contribution in [1.82, 2.24) is 0 Å². The van der Waals surface area contributed by atoms with E-state index < -0.39 is 11.7 Å². The number of amides is 1. The summed E-state index contributed by atoms with van der Waals surface area (Å²) in [5.41, 5.74) is 1.18. The van der Waals surface area contributed by atoms with E-state index in [1.165, 1.54) is 18.2 Å². The standard InChI is InChI=1S/C23H16ClFN2O3/c1-29-17-9-7-16(8-10-17)26-22(28)18-12-14-4-2-3-5-21(14)30-23(18)27-20-13-15(24)6-11-19(20)25/h2-13H,1H3,(H,26,28). The predicted octanol–water partition coefficient (Wildman–Crippen LogP) is 5.72. The number of hydrogen-bond donors (Lipinski definition) is 1. The Morgan fingerprint density at radius 2 is 1.83 bits per heavy atom. The monoisotopic (exact) mass is 422 g/mol. The molecular formula is C23H16ClFN2O3. The third-order valence-corrected chi connectivity index (χ3v) is 4.61. The lowest BCUT2D eigenvalue weighted by molar-refractivity contribution is 0.102. The van der Waals surface area contributed by atoms with Gasteiger partial charge in [0.05, 0.1) is 7.11 Å². The van der Waals surface area contributed by atoms with Crippen molar-refractivity contribution in [3.8, 4) is 5.75 Å². The summed E-state index contributed by atoms with van der Waals surface area (Å²) in [6, 6.07) is 19.7. The van der Waals surface area contributed by atoms with Gasteiger partial charge in [-0.3, -0.25) is 4.79 Å². The van der Waals surface area contributed by atoms with Crippen LogP contribution in [-0.4, -0.2) is 13.0 Å². The van der Waals surface area contributed by atoms with Crippen LogP contribution in [0.25, 0.3) is 11.0 Å². The number of halogens is 2. The largest absolute Gasteiger partial charge is 0.497 e. The third kappa shape index (κ3) is 4.18. The Balaban J connectivity index is 1.82. The minimum Gasteiger partial charge on any atom is -0.497 e. The van der Waals surface area contributed by atoms with Crippen LogP contribution in [0.15, 0.2) is 82.2 Å². The molecule has 0 spiro atoms. The number of fused-ring (bicyclic) bond motifs is 1. The average Bonchev–Trinajstić information content (AvgIpc) is 2.76. The Hall–Kier alpha value is -3.64. The van der Waals surface area contributed by atoms with E-state index in [0.717, 1.165) is 0 Å². The normalized spacial score (nSPS) is 11.5. The topological polar surface area (TPSA) is 63.8 Å². The summed E-state index contributed by atoms with van der Waals surface area (Å²) in [5, 5.41) is 3.82. The maximum atomic E-state index is 14.2. The number of nitrogens with one attached hydrogen (secondary N) is 1. The van der Waals surface area contributed by atoms with Crippen molar-refractivity contribution in [2.75, 3.05) is 12.4 Å². The molecular weight excluding hydrogens is 407 g/mol. The van der Waals surface area contributed by atoms with Gasteiger partial charge in [0.1, 0.15) is 28.4 Å². The number of rotatable bonds is 4. The zero-order valence-electron chi connectivity index (χ0n) is 15.9. The van der Waals surface area contributed by atoms with Crippen LogP contribution in [0.2, 0.25) is 5.02 Å². The molecule has 0 radical (unpaired) electrons. The number of nitrogens with zero attached hydrogens (tertiary/aromatic N) is 1. The summed E-state index contributed by atoms with van der Waals surface area (Å²) in [4.78, 5) is 17.2. The van der Waals surface area contributed by atoms with Gasteiger partial charge in [0.2, 0.25) is 5.55 Å². The molecule has 0 saturated carbocycles. The Labute approximate surface area is 176 Å². The molecule has 1 amide bonds. The molecule has 4 aromatic rings. The van der Waals surface area contributed by atoms with Crippen molar-refractivity contribution in [3.63, 3.8) is 0 Å². The fourth-order valence-electron chi connectivity index (χ4n) is 2.87. The molecule has 3 aromatic carbocycles. The minimum atomic E-state index is -0.579. The van der Waals surface area contributed by atoms with Crippen molar-refractivity contribution in [3.05, 3.63) is 94.8 Å². The molecule has 0 aliphatic carbocycles. The van der Waals surface area contributed by atoms with Gasteiger partial charge in [-0.1, -0.05) is 29.8 Å². The highest BCUT2D eigenvalue weighted by Crippen LogP contribution is 2.23. The zero-order valence-corrected chi connectivity index (χ0v) is 16.6. The van der Waals surface area contributed by atoms with Crippen LogP contribution in [0.5, 0.6) is 5.75 Å². The maximum absolute atomic E-state index is 14.2. The fourth-order valence-corrected chi connectivity index (χ4v) is 3.03. The van der Waals surface area contributed by atoms with E-state index in [1.807, 2.05) is 12.1 Å². The van der Waals surface area contributed by atoms with Gasteiger partial charge in [-0.15, -0.1) is 0 Å². The van der Waals surface area contributed by atoms with Crippen LogP contribution in [0.4, 0.5) is 15.8 Å². The van der Waals surface area contributed by atoms with Gasteiger partial charge in [0.15, 0.2) is 0 Å². The van der Waals surface area contributed by atoms with Gasteiger partial charge in [-0.05, 0) is 54.6 Å². The van der Waals surface area contributed by atoms with Crippen LogP contribution >= 0.6 is 11.6 Å². The van der Waals surface area contributed by atoms with Crippen molar-refractivity contribution in [2.45, 2.75) is 0 Å². The van der Waals surface area contributed by atoms with Crippen LogP contribution < -0.4 is 15.6 Å². The number of carbonyl (C=O) groups excluding carboxylic acids is 1. The number of benzene rings is 3. The zero-order chi connectivity index (χ0) is 21.1. The molecule has 0 saturated heterocycles. The molecule has 30 heavy (non-hydrogen) atoms. The molecule has 4 rings (SSSR count). The Morgan fingerprint density at radius 3 is 2.60 bits per heavy atom. The lowest BCUT2D eigenvalue weighted by atomic mass is 10.1. The van der Waals surface area contributed by atoms with E-state index >= 15 is 0 Å². The number of ether oxygens (including phenoxy) is 1. The predicted molar refractivity (Wildman–Crippen MR) is 114 cm³/mol. The molecule has 0 fully saturated rings. The summed E-state index contributed by atoms with van der Waals surface area (Å²) >= 11 is 5.97. The first-order chi connectivity index (χ1) is 14.5. The second-order valence-corrected chi connectivity index (χ2v) is 6.83. The van der Waals surface area contributed by atoms with Crippen LogP contribution in [0.1, 0.15) is 10.4 Å². The van der Waals surface area contributed by atoms with Crippen molar-refractivity contribution in [1.29, 1.82) is 0 Å². The Morgan fingerprint density at radius 1 is 1.07 bits per heavy atom. The SMILES string of the molecule is COc1ccc(NC(=O)c2cc3ccccc3oc2=Nc2cc(Cl)ccc2F)cc1. The lowest BCUT2D eigenvalue weighted by Crippen LogP contribution is -2.21. The molecule has 0 bridgehead atoms. The van der Waals surface area contributed by atoms with Crippen LogP contribution in [0.3, 0.4) is 0 Å². The van der Waals surface area contributed by atoms with Crippen molar-refractivity contribution >= 4 is 39.9 Å². The first-order valence-corrected chi connectivity index (χ1v) is 9.39. The molecule has 5 nitrogen and oxygen atoms in total. The van der Waals surface area contributed by atoms with Crippen LogP contribution in [-0.2, 0) is 0 Å². The van der Waals surface area contributed by atoms with Crippen LogP contribution in [0, 0.1) is 5.82 Å².